The minimum absolute atomic E-state index is 0.109. The summed E-state index contributed by atoms with van der Waals surface area (Å²) in [5.74, 6) is 0.387. The first-order valence-electron chi connectivity index (χ1n) is 10.3. The van der Waals surface area contributed by atoms with Crippen molar-refractivity contribution in [1.82, 2.24) is 4.98 Å². The Morgan fingerprint density at radius 2 is 1.74 bits per heavy atom. The van der Waals surface area contributed by atoms with Gasteiger partial charge in [-0.25, -0.2) is 8.42 Å². The van der Waals surface area contributed by atoms with Gasteiger partial charge in [-0.15, -0.1) is 0 Å². The molecule has 7 nitrogen and oxygen atoms in total. The van der Waals surface area contributed by atoms with E-state index in [9.17, 15) is 8.42 Å². The summed E-state index contributed by atoms with van der Waals surface area (Å²) >= 11 is 5.97. The molecule has 2 heterocycles. The molecule has 1 aliphatic heterocycles. The Balaban J connectivity index is 1.57. The molecule has 0 radical (unpaired) electrons. The van der Waals surface area contributed by atoms with Gasteiger partial charge >= 0.3 is 0 Å². The van der Waals surface area contributed by atoms with E-state index >= 15 is 0 Å². The quantitative estimate of drug-likeness (QED) is 0.500. The van der Waals surface area contributed by atoms with Gasteiger partial charge in [-0.05, 0) is 36.4 Å². The van der Waals surface area contributed by atoms with E-state index in [0.717, 1.165) is 39.3 Å². The summed E-state index contributed by atoms with van der Waals surface area (Å²) < 4.78 is 37.7. The van der Waals surface area contributed by atoms with Crippen LogP contribution in [-0.2, 0) is 14.6 Å². The van der Waals surface area contributed by atoms with Crippen molar-refractivity contribution in [2.24, 2.45) is 0 Å². The monoisotopic (exact) mass is 462 g/mol. The maximum absolute atomic E-state index is 13.2. The van der Waals surface area contributed by atoms with E-state index in [1.165, 1.54) is 4.90 Å². The number of ether oxygens (including phenoxy) is 1. The predicted molar refractivity (Wildman–Crippen MR) is 118 cm³/mol. The topological polar surface area (TPSA) is 85.9 Å². The number of quaternary nitrogens is 1. The van der Waals surface area contributed by atoms with Gasteiger partial charge in [0.05, 0.1) is 24.7 Å². The van der Waals surface area contributed by atoms with E-state index in [4.69, 9.17) is 20.8 Å². The van der Waals surface area contributed by atoms with E-state index in [2.05, 4.69) is 10.3 Å². The molecule has 0 bridgehead atoms. The molecule has 31 heavy (non-hydrogen) atoms. The molecule has 9 heteroatoms. The second kappa shape index (κ2) is 9.82. The maximum Gasteiger partial charge on any atom is 0.233 e. The Labute approximate surface area is 186 Å². The van der Waals surface area contributed by atoms with Gasteiger partial charge in [0.1, 0.15) is 13.1 Å². The van der Waals surface area contributed by atoms with Crippen LogP contribution in [0.4, 0.5) is 5.88 Å². The van der Waals surface area contributed by atoms with Crippen LogP contribution < -0.4 is 10.2 Å². The number of sulfone groups is 1. The predicted octanol–water partition coefficient (Wildman–Crippen LogP) is 2.54. The smallest absolute Gasteiger partial charge is 0.233 e. The molecular weight excluding hydrogens is 438 g/mol. The zero-order valence-corrected chi connectivity index (χ0v) is 18.6. The summed E-state index contributed by atoms with van der Waals surface area (Å²) in [6.45, 7) is 5.13. The number of oxazole rings is 1. The van der Waals surface area contributed by atoms with Gasteiger partial charge in [-0.2, -0.15) is 4.98 Å². The van der Waals surface area contributed by atoms with Gasteiger partial charge in [0.25, 0.3) is 0 Å². The summed E-state index contributed by atoms with van der Waals surface area (Å²) in [6, 6.07) is 15.2. The van der Waals surface area contributed by atoms with Gasteiger partial charge in [0, 0.05) is 23.6 Å². The second-order valence-electron chi connectivity index (χ2n) is 7.37. The molecule has 1 saturated heterocycles. The summed E-state index contributed by atoms with van der Waals surface area (Å²) in [6.07, 6.45) is 0.872. The Morgan fingerprint density at radius 1 is 1.03 bits per heavy atom. The molecule has 0 unspecified atom stereocenters. The molecular formula is C22H25ClN3O4S+. The lowest BCUT2D eigenvalue weighted by Gasteiger charge is -2.23. The Kier molecular flexibility index (Phi) is 6.92. The van der Waals surface area contributed by atoms with E-state index in [1.807, 2.05) is 0 Å². The molecule has 0 aliphatic carbocycles. The van der Waals surface area contributed by atoms with Crippen molar-refractivity contribution in [2.75, 3.05) is 44.7 Å². The maximum atomic E-state index is 13.2. The zero-order chi connectivity index (χ0) is 21.7. The van der Waals surface area contributed by atoms with Crippen LogP contribution in [0.3, 0.4) is 0 Å². The standard InChI is InChI=1S/C22H24ClN3O4S/c23-18-9-7-17(8-10-18)20-25-22(31(27,28)19-5-2-1-3-6-19)21(30-20)24-11-4-12-26-13-15-29-16-14-26/h1-3,5-10,24H,4,11-16H2/p+1. The van der Waals surface area contributed by atoms with Crippen LogP contribution in [0.15, 0.2) is 68.9 Å². The van der Waals surface area contributed by atoms with Crippen molar-refractivity contribution < 1.29 is 22.5 Å². The summed E-state index contributed by atoms with van der Waals surface area (Å²) in [7, 11) is -3.84. The number of anilines is 1. The third-order valence-electron chi connectivity index (χ3n) is 5.19. The van der Waals surface area contributed by atoms with Gasteiger partial charge < -0.3 is 19.4 Å². The molecule has 1 aromatic heterocycles. The molecule has 164 valence electrons. The van der Waals surface area contributed by atoms with E-state index in [-0.39, 0.29) is 21.7 Å². The van der Waals surface area contributed by atoms with E-state index in [1.54, 1.807) is 54.6 Å². The first kappa shape index (κ1) is 21.8. The Hall–Kier alpha value is -2.39. The summed E-state index contributed by atoms with van der Waals surface area (Å²) in [5, 5.41) is 3.62. The zero-order valence-electron chi connectivity index (χ0n) is 17.0. The summed E-state index contributed by atoms with van der Waals surface area (Å²) in [4.78, 5) is 6.01. The molecule has 0 atom stereocenters. The number of benzene rings is 2. The van der Waals surface area contributed by atoms with Crippen LogP contribution >= 0.6 is 11.6 Å². The SMILES string of the molecule is O=S(=O)(c1ccccc1)c1nc(-c2ccc(Cl)cc2)oc1NCCC[NH+]1CCOCC1. The number of aromatic nitrogens is 1. The molecule has 0 amide bonds. The van der Waals surface area contributed by atoms with Crippen LogP contribution in [0.5, 0.6) is 0 Å². The van der Waals surface area contributed by atoms with Crippen molar-refractivity contribution in [2.45, 2.75) is 16.3 Å². The molecule has 2 N–H and O–H groups in total. The molecule has 0 spiro atoms. The lowest BCUT2D eigenvalue weighted by molar-refractivity contribution is -0.908. The fraction of sp³-hybridized carbons (Fsp3) is 0.318. The highest BCUT2D eigenvalue weighted by atomic mass is 35.5. The van der Waals surface area contributed by atoms with Crippen LogP contribution in [0.25, 0.3) is 11.5 Å². The number of nitrogens with zero attached hydrogens (tertiary/aromatic N) is 1. The lowest BCUT2D eigenvalue weighted by Crippen LogP contribution is -3.14. The lowest BCUT2D eigenvalue weighted by atomic mass is 10.2. The van der Waals surface area contributed by atoms with Crippen molar-refractivity contribution in [3.05, 3.63) is 59.6 Å². The van der Waals surface area contributed by atoms with Gasteiger partial charge in [0.15, 0.2) is 0 Å². The van der Waals surface area contributed by atoms with E-state index < -0.39 is 9.84 Å². The third-order valence-corrected chi connectivity index (χ3v) is 7.12. The van der Waals surface area contributed by atoms with Crippen LogP contribution in [-0.4, -0.2) is 52.8 Å². The minimum Gasteiger partial charge on any atom is -0.419 e. The fourth-order valence-electron chi connectivity index (χ4n) is 3.48. The highest BCUT2D eigenvalue weighted by molar-refractivity contribution is 7.91. The number of rotatable bonds is 8. The number of hydrogen-bond acceptors (Lipinski definition) is 6. The molecule has 4 rings (SSSR count). The molecule has 1 aliphatic rings. The van der Waals surface area contributed by atoms with Gasteiger partial charge in [-0.1, -0.05) is 29.8 Å². The van der Waals surface area contributed by atoms with Crippen LogP contribution in [0.1, 0.15) is 6.42 Å². The average molecular weight is 463 g/mol. The molecule has 0 saturated carbocycles. The molecule has 2 aromatic carbocycles. The number of nitrogens with one attached hydrogen (secondary N) is 2. The molecule has 1 fully saturated rings. The van der Waals surface area contributed by atoms with Crippen LogP contribution in [0, 0.1) is 0 Å². The first-order valence-corrected chi connectivity index (χ1v) is 12.1. The fourth-order valence-corrected chi connectivity index (χ4v) is 4.90. The third kappa shape index (κ3) is 5.27. The highest BCUT2D eigenvalue weighted by Crippen LogP contribution is 2.32. The van der Waals surface area contributed by atoms with Crippen molar-refractivity contribution in [1.29, 1.82) is 0 Å². The second-order valence-corrected chi connectivity index (χ2v) is 9.67. The van der Waals surface area contributed by atoms with Crippen LogP contribution in [0.2, 0.25) is 5.02 Å². The number of hydrogen-bond donors (Lipinski definition) is 2. The van der Waals surface area contributed by atoms with Gasteiger partial charge in [0.2, 0.25) is 26.6 Å². The normalized spacial score (nSPS) is 15.1. The van der Waals surface area contributed by atoms with Crippen molar-refractivity contribution in [3.8, 4) is 11.5 Å². The van der Waals surface area contributed by atoms with Gasteiger partial charge in [-0.3, -0.25) is 0 Å². The highest BCUT2D eigenvalue weighted by Gasteiger charge is 2.28. The number of halogens is 1. The van der Waals surface area contributed by atoms with E-state index in [0.29, 0.717) is 17.1 Å². The number of morpholine rings is 1. The van der Waals surface area contributed by atoms with Crippen molar-refractivity contribution in [3.63, 3.8) is 0 Å². The first-order chi connectivity index (χ1) is 15.0. The summed E-state index contributed by atoms with van der Waals surface area (Å²) in [5.41, 5.74) is 0.653. The largest absolute Gasteiger partial charge is 0.419 e. The Bertz CT molecular complexity index is 1100. The Morgan fingerprint density at radius 3 is 2.45 bits per heavy atom. The van der Waals surface area contributed by atoms with Crippen molar-refractivity contribution >= 4 is 27.3 Å². The minimum atomic E-state index is -3.84. The molecule has 3 aromatic rings. The average Bonchev–Trinajstić information content (AvgIpc) is 3.24.